The fourth-order valence-corrected chi connectivity index (χ4v) is 2.76. The van der Waals surface area contributed by atoms with Crippen molar-refractivity contribution < 1.29 is 9.53 Å². The van der Waals surface area contributed by atoms with E-state index in [0.717, 1.165) is 5.56 Å². The molecule has 19 heavy (non-hydrogen) atoms. The van der Waals surface area contributed by atoms with Crippen LogP contribution in [0.1, 0.15) is 15.2 Å². The van der Waals surface area contributed by atoms with Gasteiger partial charge in [0.1, 0.15) is 10.6 Å². The third-order valence-electron chi connectivity index (χ3n) is 2.59. The number of methoxy groups -OCH3 is 1. The lowest BCUT2D eigenvalue weighted by molar-refractivity contribution is 0.103. The molecule has 0 aliphatic carbocycles. The van der Waals surface area contributed by atoms with Crippen LogP contribution in [0, 0.1) is 6.92 Å². The standard InChI is InChI=1S/C13H13ClN2O2S/c1-7-6-19-12(11(7)14)13(17)16-8-3-4-10(18-2)9(15)5-8/h3-6H,15H2,1-2H3,(H,16,17). The fourth-order valence-electron chi connectivity index (χ4n) is 1.58. The maximum Gasteiger partial charge on any atom is 0.267 e. The van der Waals surface area contributed by atoms with Crippen LogP contribution in [0.2, 0.25) is 5.02 Å². The Hall–Kier alpha value is -1.72. The number of nitrogens with two attached hydrogens (primary N) is 1. The molecule has 1 aromatic heterocycles. The van der Waals surface area contributed by atoms with Gasteiger partial charge in [-0.15, -0.1) is 11.3 Å². The number of aryl methyl sites for hydroxylation is 1. The summed E-state index contributed by atoms with van der Waals surface area (Å²) >= 11 is 7.37. The number of hydrogen-bond acceptors (Lipinski definition) is 4. The summed E-state index contributed by atoms with van der Waals surface area (Å²) in [6.45, 7) is 1.86. The molecule has 0 fully saturated rings. The van der Waals surface area contributed by atoms with Crippen LogP contribution in [0.15, 0.2) is 23.6 Å². The van der Waals surface area contributed by atoms with Crippen molar-refractivity contribution in [1.82, 2.24) is 0 Å². The number of ether oxygens (including phenoxy) is 1. The molecule has 1 aromatic carbocycles. The van der Waals surface area contributed by atoms with Gasteiger partial charge in [0.2, 0.25) is 0 Å². The molecule has 0 saturated heterocycles. The highest BCUT2D eigenvalue weighted by Gasteiger charge is 2.15. The summed E-state index contributed by atoms with van der Waals surface area (Å²) in [5.41, 5.74) is 7.74. The molecule has 0 aliphatic rings. The van der Waals surface area contributed by atoms with Crippen molar-refractivity contribution in [1.29, 1.82) is 0 Å². The van der Waals surface area contributed by atoms with Gasteiger partial charge in [-0.1, -0.05) is 11.6 Å². The molecule has 0 unspecified atom stereocenters. The van der Waals surface area contributed by atoms with Crippen LogP contribution in [0.25, 0.3) is 0 Å². The minimum atomic E-state index is -0.243. The number of nitrogens with one attached hydrogen (secondary N) is 1. The Kier molecular flexibility index (Phi) is 3.97. The summed E-state index contributed by atoms with van der Waals surface area (Å²) in [5.74, 6) is 0.329. The summed E-state index contributed by atoms with van der Waals surface area (Å²) in [7, 11) is 1.54. The highest BCUT2D eigenvalue weighted by Crippen LogP contribution is 2.29. The Morgan fingerprint density at radius 1 is 1.47 bits per heavy atom. The van der Waals surface area contributed by atoms with Gasteiger partial charge in [0.05, 0.1) is 17.8 Å². The lowest BCUT2D eigenvalue weighted by Crippen LogP contribution is -2.11. The van der Waals surface area contributed by atoms with E-state index < -0.39 is 0 Å². The van der Waals surface area contributed by atoms with E-state index in [1.54, 1.807) is 18.2 Å². The second-order valence-electron chi connectivity index (χ2n) is 3.97. The first kappa shape index (κ1) is 13.7. The summed E-state index contributed by atoms with van der Waals surface area (Å²) in [5, 5.41) is 5.09. The molecule has 2 aromatic rings. The van der Waals surface area contributed by atoms with Gasteiger partial charge in [0, 0.05) is 5.69 Å². The van der Waals surface area contributed by atoms with Crippen molar-refractivity contribution in [3.63, 3.8) is 0 Å². The van der Waals surface area contributed by atoms with Crippen molar-refractivity contribution in [3.8, 4) is 5.75 Å². The number of amides is 1. The zero-order valence-corrected chi connectivity index (χ0v) is 12.1. The molecule has 0 spiro atoms. The molecule has 4 nitrogen and oxygen atoms in total. The molecule has 0 aliphatic heterocycles. The summed E-state index contributed by atoms with van der Waals surface area (Å²) in [6.07, 6.45) is 0. The Bertz CT molecular complexity index is 625. The summed E-state index contributed by atoms with van der Waals surface area (Å²) < 4.78 is 5.06. The second-order valence-corrected chi connectivity index (χ2v) is 5.23. The maximum atomic E-state index is 12.1. The molecule has 0 saturated carbocycles. The molecule has 0 atom stereocenters. The molecule has 0 radical (unpaired) electrons. The minimum absolute atomic E-state index is 0.243. The number of hydrogen-bond donors (Lipinski definition) is 2. The van der Waals surface area contributed by atoms with Crippen LogP contribution in [-0.2, 0) is 0 Å². The summed E-state index contributed by atoms with van der Waals surface area (Å²) in [4.78, 5) is 12.6. The predicted octanol–water partition coefficient (Wildman–Crippen LogP) is 3.55. The van der Waals surface area contributed by atoms with Gasteiger partial charge in [-0.3, -0.25) is 4.79 Å². The predicted molar refractivity (Wildman–Crippen MR) is 79.4 cm³/mol. The minimum Gasteiger partial charge on any atom is -0.495 e. The number of rotatable bonds is 3. The highest BCUT2D eigenvalue weighted by atomic mass is 35.5. The first-order valence-corrected chi connectivity index (χ1v) is 6.77. The first-order chi connectivity index (χ1) is 9.02. The Labute approximate surface area is 120 Å². The highest BCUT2D eigenvalue weighted by molar-refractivity contribution is 7.13. The number of anilines is 2. The van der Waals surface area contributed by atoms with Gasteiger partial charge < -0.3 is 15.8 Å². The van der Waals surface area contributed by atoms with Crippen molar-refractivity contribution >= 4 is 40.2 Å². The van der Waals surface area contributed by atoms with E-state index in [1.165, 1.54) is 18.4 Å². The van der Waals surface area contributed by atoms with Crippen LogP contribution >= 0.6 is 22.9 Å². The van der Waals surface area contributed by atoms with E-state index in [2.05, 4.69) is 5.32 Å². The average Bonchev–Trinajstić information content (AvgIpc) is 2.70. The molecule has 6 heteroatoms. The monoisotopic (exact) mass is 296 g/mol. The summed E-state index contributed by atoms with van der Waals surface area (Å²) in [6, 6.07) is 5.07. The van der Waals surface area contributed by atoms with Gasteiger partial charge in [-0.05, 0) is 36.1 Å². The maximum absolute atomic E-state index is 12.1. The second kappa shape index (κ2) is 5.50. The average molecular weight is 297 g/mol. The number of thiophene rings is 1. The van der Waals surface area contributed by atoms with Gasteiger partial charge in [-0.25, -0.2) is 0 Å². The number of carbonyl (C=O) groups excluding carboxylic acids is 1. The molecule has 3 N–H and O–H groups in total. The Morgan fingerprint density at radius 2 is 2.21 bits per heavy atom. The molecule has 0 bridgehead atoms. The van der Waals surface area contributed by atoms with Crippen molar-refractivity contribution in [2.45, 2.75) is 6.92 Å². The molecular formula is C13H13ClN2O2S. The van der Waals surface area contributed by atoms with E-state index in [4.69, 9.17) is 22.1 Å². The number of carbonyl (C=O) groups is 1. The van der Waals surface area contributed by atoms with Crippen LogP contribution in [0.5, 0.6) is 5.75 Å². The van der Waals surface area contributed by atoms with E-state index in [1.807, 2.05) is 12.3 Å². The molecule has 1 amide bonds. The van der Waals surface area contributed by atoms with E-state index in [-0.39, 0.29) is 5.91 Å². The number of nitrogen functional groups attached to an aromatic ring is 1. The van der Waals surface area contributed by atoms with Crippen molar-refractivity contribution in [3.05, 3.63) is 39.0 Å². The normalized spacial score (nSPS) is 10.3. The fraction of sp³-hybridized carbons (Fsp3) is 0.154. The molecule has 2 rings (SSSR count). The van der Waals surface area contributed by atoms with Gasteiger partial charge in [-0.2, -0.15) is 0 Å². The lowest BCUT2D eigenvalue weighted by Gasteiger charge is -2.08. The van der Waals surface area contributed by atoms with E-state index in [9.17, 15) is 4.79 Å². The quantitative estimate of drug-likeness (QED) is 0.851. The smallest absolute Gasteiger partial charge is 0.267 e. The van der Waals surface area contributed by atoms with Gasteiger partial charge >= 0.3 is 0 Å². The van der Waals surface area contributed by atoms with Crippen LogP contribution in [0.4, 0.5) is 11.4 Å². The third-order valence-corrected chi connectivity index (χ3v) is 4.29. The SMILES string of the molecule is COc1ccc(NC(=O)c2scc(C)c2Cl)cc1N. The number of benzene rings is 1. The zero-order chi connectivity index (χ0) is 14.0. The van der Waals surface area contributed by atoms with Crippen molar-refractivity contribution in [2.75, 3.05) is 18.2 Å². The van der Waals surface area contributed by atoms with Crippen LogP contribution in [-0.4, -0.2) is 13.0 Å². The largest absolute Gasteiger partial charge is 0.495 e. The van der Waals surface area contributed by atoms with E-state index >= 15 is 0 Å². The molecular weight excluding hydrogens is 284 g/mol. The van der Waals surface area contributed by atoms with Crippen LogP contribution in [0.3, 0.4) is 0 Å². The van der Waals surface area contributed by atoms with Gasteiger partial charge in [0.15, 0.2) is 0 Å². The van der Waals surface area contributed by atoms with Gasteiger partial charge in [0.25, 0.3) is 5.91 Å². The zero-order valence-electron chi connectivity index (χ0n) is 10.5. The topological polar surface area (TPSA) is 64.3 Å². The van der Waals surface area contributed by atoms with E-state index in [0.29, 0.717) is 27.0 Å². The van der Waals surface area contributed by atoms with Crippen LogP contribution < -0.4 is 15.8 Å². The Balaban J connectivity index is 2.19. The number of halogens is 1. The first-order valence-electron chi connectivity index (χ1n) is 5.51. The third kappa shape index (κ3) is 2.83. The lowest BCUT2D eigenvalue weighted by atomic mass is 10.2. The van der Waals surface area contributed by atoms with Crippen molar-refractivity contribution in [2.24, 2.45) is 0 Å². The Morgan fingerprint density at radius 3 is 2.74 bits per heavy atom. The molecule has 1 heterocycles. The molecule has 100 valence electrons.